The molecule has 0 atom stereocenters. The molecule has 0 unspecified atom stereocenters. The Morgan fingerprint density at radius 3 is 2.28 bits per heavy atom. The fourth-order valence-electron chi connectivity index (χ4n) is 4.22. The molecule has 0 fully saturated rings. The Morgan fingerprint density at radius 1 is 0.520 bits per heavy atom. The molecule has 5 aromatic carbocycles. The second-order valence-electron chi connectivity index (χ2n) is 6.74. The first-order chi connectivity index (χ1) is 12.4. The average molecular weight is 317 g/mol. The molecule has 0 aliphatic heterocycles. The van der Waals surface area contributed by atoms with Gasteiger partial charge in [-0.2, -0.15) is 0 Å². The first-order valence-electron chi connectivity index (χ1n) is 8.63. The van der Waals surface area contributed by atoms with E-state index in [1.165, 1.54) is 54.5 Å². The lowest BCUT2D eigenvalue weighted by molar-refractivity contribution is 1.55. The predicted molar refractivity (Wildman–Crippen MR) is 107 cm³/mol. The second-order valence-corrected chi connectivity index (χ2v) is 6.74. The second kappa shape index (κ2) is 4.61. The molecule has 6 aromatic rings. The number of aromatic nitrogens is 1. The lowest BCUT2D eigenvalue weighted by Crippen LogP contribution is -1.83. The average Bonchev–Trinajstić information content (AvgIpc) is 3.05. The Morgan fingerprint density at radius 2 is 1.28 bits per heavy atom. The van der Waals surface area contributed by atoms with Crippen molar-refractivity contribution in [2.75, 3.05) is 0 Å². The largest absolute Gasteiger partial charge is 0.354 e. The summed E-state index contributed by atoms with van der Waals surface area (Å²) in [6.07, 6.45) is 0. The number of H-pyrrole nitrogens is 1. The molecule has 25 heavy (non-hydrogen) atoms. The summed E-state index contributed by atoms with van der Waals surface area (Å²) in [5.41, 5.74) is 4.98. The van der Waals surface area contributed by atoms with Crippen molar-refractivity contribution in [2.24, 2.45) is 0 Å². The Balaban J connectivity index is 1.76. The molecule has 0 bridgehead atoms. The standard InChI is InChI=1S/C24H15N/c1-2-8-19-15(5-1)6-3-9-20(19)18-13-17-12-11-16-7-4-10-21-23(16)24(17)22(14-18)25-21/h1-14,25H. The van der Waals surface area contributed by atoms with Gasteiger partial charge in [-0.15, -0.1) is 0 Å². The Kier molecular flexibility index (Phi) is 2.40. The normalized spacial score (nSPS) is 12.0. The minimum Gasteiger partial charge on any atom is -0.354 e. The van der Waals surface area contributed by atoms with Gasteiger partial charge in [0.05, 0.1) is 0 Å². The van der Waals surface area contributed by atoms with Crippen LogP contribution in [0.2, 0.25) is 0 Å². The van der Waals surface area contributed by atoms with Gasteiger partial charge < -0.3 is 4.98 Å². The molecule has 116 valence electrons. The summed E-state index contributed by atoms with van der Waals surface area (Å²) < 4.78 is 0. The fourth-order valence-corrected chi connectivity index (χ4v) is 4.22. The lowest BCUT2D eigenvalue weighted by atomic mass is 9.94. The van der Waals surface area contributed by atoms with E-state index in [2.05, 4.69) is 89.9 Å². The van der Waals surface area contributed by atoms with Crippen LogP contribution >= 0.6 is 0 Å². The maximum atomic E-state index is 3.62. The molecule has 1 heteroatoms. The highest BCUT2D eigenvalue weighted by Gasteiger charge is 2.13. The van der Waals surface area contributed by atoms with E-state index in [9.17, 15) is 0 Å². The minimum absolute atomic E-state index is 1.22. The maximum Gasteiger partial charge on any atom is 0.0477 e. The Labute approximate surface area is 144 Å². The zero-order valence-corrected chi connectivity index (χ0v) is 13.6. The number of aromatic amines is 1. The zero-order valence-electron chi connectivity index (χ0n) is 13.6. The van der Waals surface area contributed by atoms with E-state index in [4.69, 9.17) is 0 Å². The fraction of sp³-hybridized carbons (Fsp3) is 0. The molecule has 0 saturated carbocycles. The highest BCUT2D eigenvalue weighted by Crippen LogP contribution is 2.38. The van der Waals surface area contributed by atoms with E-state index >= 15 is 0 Å². The summed E-state index contributed by atoms with van der Waals surface area (Å²) in [6.45, 7) is 0. The summed E-state index contributed by atoms with van der Waals surface area (Å²) in [4.78, 5) is 3.62. The van der Waals surface area contributed by atoms with E-state index in [-0.39, 0.29) is 0 Å². The van der Waals surface area contributed by atoms with Crippen LogP contribution in [0.25, 0.3) is 54.5 Å². The molecule has 1 heterocycles. The smallest absolute Gasteiger partial charge is 0.0477 e. The van der Waals surface area contributed by atoms with Crippen molar-refractivity contribution in [3.05, 3.63) is 84.9 Å². The van der Waals surface area contributed by atoms with Crippen LogP contribution < -0.4 is 0 Å². The van der Waals surface area contributed by atoms with Crippen molar-refractivity contribution in [2.45, 2.75) is 0 Å². The van der Waals surface area contributed by atoms with Gasteiger partial charge in [0, 0.05) is 21.8 Å². The van der Waals surface area contributed by atoms with Gasteiger partial charge in [-0.05, 0) is 50.9 Å². The summed E-state index contributed by atoms with van der Waals surface area (Å²) in [5, 5.41) is 7.87. The predicted octanol–water partition coefficient (Wildman–Crippen LogP) is 6.73. The summed E-state index contributed by atoms with van der Waals surface area (Å²) >= 11 is 0. The molecule has 0 aliphatic rings. The van der Waals surface area contributed by atoms with Gasteiger partial charge in [0.15, 0.2) is 0 Å². The Hall–Kier alpha value is -3.32. The van der Waals surface area contributed by atoms with Gasteiger partial charge in [-0.25, -0.2) is 0 Å². The first kappa shape index (κ1) is 13.0. The first-order valence-corrected chi connectivity index (χ1v) is 8.63. The van der Waals surface area contributed by atoms with Crippen LogP contribution in [-0.2, 0) is 0 Å². The molecule has 1 aromatic heterocycles. The van der Waals surface area contributed by atoms with Gasteiger partial charge >= 0.3 is 0 Å². The summed E-state index contributed by atoms with van der Waals surface area (Å²) in [7, 11) is 0. The maximum absolute atomic E-state index is 3.62. The molecule has 0 saturated heterocycles. The van der Waals surface area contributed by atoms with Crippen LogP contribution in [0.5, 0.6) is 0 Å². The van der Waals surface area contributed by atoms with E-state index < -0.39 is 0 Å². The van der Waals surface area contributed by atoms with E-state index in [0.717, 1.165) is 0 Å². The van der Waals surface area contributed by atoms with Gasteiger partial charge in [-0.3, -0.25) is 0 Å². The third kappa shape index (κ3) is 1.72. The minimum atomic E-state index is 1.22. The molecule has 0 spiro atoms. The van der Waals surface area contributed by atoms with Crippen LogP contribution in [0.1, 0.15) is 0 Å². The highest BCUT2D eigenvalue weighted by atomic mass is 14.7. The molecule has 0 radical (unpaired) electrons. The molecule has 1 N–H and O–H groups in total. The highest BCUT2D eigenvalue weighted by molar-refractivity contribution is 6.24. The molecule has 0 aliphatic carbocycles. The number of fused-ring (bicyclic) bond motifs is 1. The van der Waals surface area contributed by atoms with Crippen molar-refractivity contribution >= 4 is 43.4 Å². The SMILES string of the molecule is c1ccc2c(-c3cc4ccc5cccc6[nH]c(c3)c4c56)cccc2c1. The van der Waals surface area contributed by atoms with Crippen LogP contribution in [0, 0.1) is 0 Å². The van der Waals surface area contributed by atoms with Gasteiger partial charge in [0.1, 0.15) is 0 Å². The van der Waals surface area contributed by atoms with Crippen LogP contribution in [-0.4, -0.2) is 4.98 Å². The molecule has 1 nitrogen and oxygen atoms in total. The number of rotatable bonds is 1. The number of benzene rings is 5. The molecular formula is C24H15N. The zero-order chi connectivity index (χ0) is 16.4. The monoisotopic (exact) mass is 317 g/mol. The van der Waals surface area contributed by atoms with Crippen molar-refractivity contribution in [1.82, 2.24) is 4.98 Å². The third-order valence-electron chi connectivity index (χ3n) is 5.33. The van der Waals surface area contributed by atoms with Gasteiger partial charge in [0.2, 0.25) is 0 Å². The van der Waals surface area contributed by atoms with E-state index in [0.29, 0.717) is 0 Å². The van der Waals surface area contributed by atoms with Gasteiger partial charge in [-0.1, -0.05) is 66.7 Å². The Bertz CT molecular complexity index is 1380. The summed E-state index contributed by atoms with van der Waals surface area (Å²) in [6, 6.07) is 30.7. The van der Waals surface area contributed by atoms with Crippen LogP contribution in [0.4, 0.5) is 0 Å². The molecule has 0 amide bonds. The number of nitrogens with one attached hydrogen (secondary N) is 1. The topological polar surface area (TPSA) is 15.8 Å². The van der Waals surface area contributed by atoms with Crippen molar-refractivity contribution in [3.63, 3.8) is 0 Å². The van der Waals surface area contributed by atoms with Crippen molar-refractivity contribution < 1.29 is 0 Å². The molecule has 6 rings (SSSR count). The van der Waals surface area contributed by atoms with Crippen LogP contribution in [0.15, 0.2) is 84.9 Å². The summed E-state index contributed by atoms with van der Waals surface area (Å²) in [5.74, 6) is 0. The van der Waals surface area contributed by atoms with Crippen molar-refractivity contribution in [1.29, 1.82) is 0 Å². The van der Waals surface area contributed by atoms with E-state index in [1.54, 1.807) is 0 Å². The van der Waals surface area contributed by atoms with Gasteiger partial charge in [0.25, 0.3) is 0 Å². The third-order valence-corrected chi connectivity index (χ3v) is 5.33. The number of hydrogen-bond donors (Lipinski definition) is 1. The van der Waals surface area contributed by atoms with E-state index in [1.807, 2.05) is 0 Å². The molecular weight excluding hydrogens is 302 g/mol. The lowest BCUT2D eigenvalue weighted by Gasteiger charge is -2.09. The quantitative estimate of drug-likeness (QED) is 0.323. The van der Waals surface area contributed by atoms with Crippen LogP contribution in [0.3, 0.4) is 0 Å². The number of hydrogen-bond acceptors (Lipinski definition) is 0. The van der Waals surface area contributed by atoms with Crippen molar-refractivity contribution in [3.8, 4) is 11.1 Å².